The first kappa shape index (κ1) is 13.7. The van der Waals surface area contributed by atoms with Gasteiger partial charge in [0.2, 0.25) is 0 Å². The average Bonchev–Trinajstić information content (AvgIpc) is 2.31. The SMILES string of the molecule is COC(=O)C(=O)C(Cl)c1cc(C)c(C)cc1C. The molecule has 17 heavy (non-hydrogen) atoms. The van der Waals surface area contributed by atoms with Gasteiger partial charge in [-0.15, -0.1) is 11.6 Å². The Hall–Kier alpha value is -1.35. The zero-order chi connectivity index (χ0) is 13.2. The maximum absolute atomic E-state index is 11.6. The van der Waals surface area contributed by atoms with E-state index < -0.39 is 17.1 Å². The largest absolute Gasteiger partial charge is 0.463 e. The van der Waals surface area contributed by atoms with Gasteiger partial charge in [-0.25, -0.2) is 4.79 Å². The summed E-state index contributed by atoms with van der Waals surface area (Å²) in [6.45, 7) is 5.78. The number of ketones is 1. The van der Waals surface area contributed by atoms with E-state index in [1.807, 2.05) is 32.9 Å². The summed E-state index contributed by atoms with van der Waals surface area (Å²) in [5.74, 6) is -1.65. The van der Waals surface area contributed by atoms with E-state index in [0.717, 1.165) is 23.8 Å². The van der Waals surface area contributed by atoms with Crippen LogP contribution in [0.5, 0.6) is 0 Å². The lowest BCUT2D eigenvalue weighted by molar-refractivity contribution is -0.151. The number of halogens is 1. The molecule has 92 valence electrons. The first-order chi connectivity index (χ1) is 7.88. The molecule has 0 spiro atoms. The molecule has 0 N–H and O–H groups in total. The molecule has 1 aromatic rings. The van der Waals surface area contributed by atoms with Crippen molar-refractivity contribution < 1.29 is 14.3 Å². The predicted octanol–water partition coefficient (Wildman–Crippen LogP) is 2.63. The molecule has 1 rings (SSSR count). The molecular weight excluding hydrogens is 240 g/mol. The van der Waals surface area contributed by atoms with Crippen LogP contribution in [0.25, 0.3) is 0 Å². The molecule has 0 fully saturated rings. The fraction of sp³-hybridized carbons (Fsp3) is 0.385. The second kappa shape index (κ2) is 5.32. The fourth-order valence-electron chi connectivity index (χ4n) is 1.60. The highest BCUT2D eigenvalue weighted by Gasteiger charge is 2.27. The fourth-order valence-corrected chi connectivity index (χ4v) is 1.93. The Labute approximate surface area is 106 Å². The van der Waals surface area contributed by atoms with Crippen LogP contribution in [0.4, 0.5) is 0 Å². The van der Waals surface area contributed by atoms with Gasteiger partial charge in [0, 0.05) is 0 Å². The molecule has 3 nitrogen and oxygen atoms in total. The van der Waals surface area contributed by atoms with Crippen LogP contribution in [0, 0.1) is 20.8 Å². The van der Waals surface area contributed by atoms with Crippen molar-refractivity contribution in [1.29, 1.82) is 0 Å². The number of esters is 1. The number of carbonyl (C=O) groups is 2. The number of aryl methyl sites for hydroxylation is 3. The highest BCUT2D eigenvalue weighted by Crippen LogP contribution is 2.27. The Kier molecular flexibility index (Phi) is 4.29. The molecular formula is C13H15ClO3. The van der Waals surface area contributed by atoms with Gasteiger partial charge in [-0.05, 0) is 43.0 Å². The maximum Gasteiger partial charge on any atom is 0.376 e. The summed E-state index contributed by atoms with van der Waals surface area (Å²) < 4.78 is 4.38. The number of carbonyl (C=O) groups excluding carboxylic acids is 2. The van der Waals surface area contributed by atoms with Crippen LogP contribution in [0.15, 0.2) is 12.1 Å². The predicted molar refractivity (Wildman–Crippen MR) is 66.3 cm³/mol. The minimum Gasteiger partial charge on any atom is -0.463 e. The van der Waals surface area contributed by atoms with Gasteiger partial charge in [0.25, 0.3) is 5.78 Å². The molecule has 0 heterocycles. The Morgan fingerprint density at radius 3 is 2.18 bits per heavy atom. The smallest absolute Gasteiger partial charge is 0.376 e. The lowest BCUT2D eigenvalue weighted by Gasteiger charge is -2.13. The van der Waals surface area contributed by atoms with Gasteiger partial charge in [-0.1, -0.05) is 12.1 Å². The molecule has 1 aromatic carbocycles. The number of alkyl halides is 1. The van der Waals surface area contributed by atoms with E-state index >= 15 is 0 Å². The first-order valence-electron chi connectivity index (χ1n) is 5.22. The standard InChI is InChI=1S/C13H15ClO3/c1-7-5-9(3)10(6-8(7)2)11(14)12(15)13(16)17-4/h5-6,11H,1-4H3. The molecule has 1 unspecified atom stereocenters. The number of hydrogen-bond acceptors (Lipinski definition) is 3. The minimum absolute atomic E-state index is 0.658. The lowest BCUT2D eigenvalue weighted by Crippen LogP contribution is -2.20. The second-order valence-electron chi connectivity index (χ2n) is 4.01. The quantitative estimate of drug-likeness (QED) is 0.473. The van der Waals surface area contributed by atoms with E-state index in [9.17, 15) is 9.59 Å². The van der Waals surface area contributed by atoms with Crippen LogP contribution < -0.4 is 0 Å². The molecule has 0 aliphatic rings. The van der Waals surface area contributed by atoms with Crippen LogP contribution in [-0.2, 0) is 14.3 Å². The van der Waals surface area contributed by atoms with Crippen molar-refractivity contribution in [3.05, 3.63) is 34.4 Å². The van der Waals surface area contributed by atoms with Gasteiger partial charge in [-0.2, -0.15) is 0 Å². The third-order valence-electron chi connectivity index (χ3n) is 2.77. The van der Waals surface area contributed by atoms with Crippen LogP contribution in [0.1, 0.15) is 27.6 Å². The zero-order valence-electron chi connectivity index (χ0n) is 10.3. The Morgan fingerprint density at radius 1 is 1.12 bits per heavy atom. The summed E-state index contributed by atoms with van der Waals surface area (Å²) in [5, 5.41) is -0.984. The number of rotatable bonds is 3. The number of benzene rings is 1. The maximum atomic E-state index is 11.6. The highest BCUT2D eigenvalue weighted by molar-refractivity contribution is 6.47. The van der Waals surface area contributed by atoms with Crippen molar-refractivity contribution in [2.45, 2.75) is 26.1 Å². The summed E-state index contributed by atoms with van der Waals surface area (Å²) in [7, 11) is 1.16. The Morgan fingerprint density at radius 2 is 1.65 bits per heavy atom. The van der Waals surface area contributed by atoms with E-state index in [1.54, 1.807) is 0 Å². The van der Waals surface area contributed by atoms with Crippen LogP contribution in [-0.4, -0.2) is 18.9 Å². The van der Waals surface area contributed by atoms with Crippen LogP contribution >= 0.6 is 11.6 Å². The molecule has 0 amide bonds. The van der Waals surface area contributed by atoms with Crippen LogP contribution in [0.2, 0.25) is 0 Å². The van der Waals surface area contributed by atoms with E-state index in [2.05, 4.69) is 4.74 Å². The Bertz CT molecular complexity index is 466. The van der Waals surface area contributed by atoms with Crippen molar-refractivity contribution >= 4 is 23.4 Å². The topological polar surface area (TPSA) is 43.4 Å². The second-order valence-corrected chi connectivity index (χ2v) is 4.45. The number of hydrogen-bond donors (Lipinski definition) is 0. The molecule has 0 saturated carbocycles. The molecule has 0 saturated heterocycles. The van der Waals surface area contributed by atoms with Crippen molar-refractivity contribution in [3.8, 4) is 0 Å². The summed E-state index contributed by atoms with van der Waals surface area (Å²) in [6, 6.07) is 3.79. The molecule has 1 atom stereocenters. The van der Waals surface area contributed by atoms with Gasteiger partial charge < -0.3 is 4.74 Å². The van der Waals surface area contributed by atoms with Crippen molar-refractivity contribution in [3.63, 3.8) is 0 Å². The molecule has 0 bridgehead atoms. The normalized spacial score (nSPS) is 12.1. The van der Waals surface area contributed by atoms with Gasteiger partial charge >= 0.3 is 5.97 Å². The molecule has 0 aliphatic carbocycles. The van der Waals surface area contributed by atoms with Gasteiger partial charge in [0.05, 0.1) is 7.11 Å². The first-order valence-corrected chi connectivity index (χ1v) is 5.66. The van der Waals surface area contributed by atoms with Gasteiger partial charge in [0.15, 0.2) is 0 Å². The number of ether oxygens (including phenoxy) is 1. The molecule has 4 heteroatoms. The summed E-state index contributed by atoms with van der Waals surface area (Å²) in [6.07, 6.45) is 0. The van der Waals surface area contributed by atoms with Crippen LogP contribution in [0.3, 0.4) is 0 Å². The molecule has 0 radical (unpaired) electrons. The highest BCUT2D eigenvalue weighted by atomic mass is 35.5. The van der Waals surface area contributed by atoms with E-state index in [1.165, 1.54) is 0 Å². The number of methoxy groups -OCH3 is 1. The van der Waals surface area contributed by atoms with E-state index in [4.69, 9.17) is 11.6 Å². The summed E-state index contributed by atoms with van der Waals surface area (Å²) >= 11 is 6.01. The lowest BCUT2D eigenvalue weighted by atomic mass is 9.97. The average molecular weight is 255 g/mol. The minimum atomic E-state index is -0.984. The van der Waals surface area contributed by atoms with Crippen molar-refractivity contribution in [2.24, 2.45) is 0 Å². The van der Waals surface area contributed by atoms with E-state index in [0.29, 0.717) is 5.56 Å². The Balaban J connectivity index is 3.12. The third kappa shape index (κ3) is 2.86. The van der Waals surface area contributed by atoms with Crippen molar-refractivity contribution in [1.82, 2.24) is 0 Å². The third-order valence-corrected chi connectivity index (χ3v) is 3.21. The van der Waals surface area contributed by atoms with Crippen molar-refractivity contribution in [2.75, 3.05) is 7.11 Å². The summed E-state index contributed by atoms with van der Waals surface area (Å²) in [4.78, 5) is 22.7. The summed E-state index contributed by atoms with van der Waals surface area (Å²) in [5.41, 5.74) is 3.71. The number of Topliss-reactive ketones (excluding diaryl/α,β-unsaturated/α-hetero) is 1. The van der Waals surface area contributed by atoms with E-state index in [-0.39, 0.29) is 0 Å². The zero-order valence-corrected chi connectivity index (χ0v) is 11.1. The van der Waals surface area contributed by atoms with Gasteiger partial charge in [-0.3, -0.25) is 4.79 Å². The molecule has 0 aliphatic heterocycles. The van der Waals surface area contributed by atoms with Gasteiger partial charge in [0.1, 0.15) is 5.38 Å². The molecule has 0 aromatic heterocycles. The monoisotopic (exact) mass is 254 g/mol.